The van der Waals surface area contributed by atoms with Gasteiger partial charge in [0.05, 0.1) is 15.5 Å². The molecule has 0 atom stereocenters. The van der Waals surface area contributed by atoms with Gasteiger partial charge in [0.25, 0.3) is 0 Å². The van der Waals surface area contributed by atoms with Crippen molar-refractivity contribution >= 4 is 32.8 Å². The molecule has 17 heavy (non-hydrogen) atoms. The van der Waals surface area contributed by atoms with Crippen molar-refractivity contribution in [3.05, 3.63) is 23.2 Å². The van der Waals surface area contributed by atoms with E-state index < -0.39 is 14.6 Å². The van der Waals surface area contributed by atoms with Crippen LogP contribution in [0.1, 0.15) is 13.8 Å². The molecule has 0 heterocycles. The second-order valence-corrected chi connectivity index (χ2v) is 7.68. The van der Waals surface area contributed by atoms with Gasteiger partial charge in [0.1, 0.15) is 0 Å². The van der Waals surface area contributed by atoms with E-state index in [2.05, 4.69) is 5.32 Å². The summed E-state index contributed by atoms with van der Waals surface area (Å²) in [5.41, 5.74) is 6.82. The molecule has 0 radical (unpaired) electrons. The molecule has 0 unspecified atom stereocenters. The number of halogens is 1. The molecule has 6 heteroatoms. The van der Waals surface area contributed by atoms with Crippen molar-refractivity contribution < 1.29 is 8.42 Å². The van der Waals surface area contributed by atoms with Crippen LogP contribution in [-0.4, -0.2) is 26.0 Å². The van der Waals surface area contributed by atoms with Crippen molar-refractivity contribution in [1.29, 1.82) is 0 Å². The number of hydrogen-bond donors (Lipinski definition) is 2. The third-order valence-electron chi connectivity index (χ3n) is 2.70. The van der Waals surface area contributed by atoms with Crippen LogP contribution < -0.4 is 11.1 Å². The second kappa shape index (κ2) is 4.74. The van der Waals surface area contributed by atoms with Crippen LogP contribution in [0.15, 0.2) is 18.2 Å². The van der Waals surface area contributed by atoms with E-state index in [0.29, 0.717) is 16.4 Å². The average molecular weight is 277 g/mol. The first-order chi connectivity index (χ1) is 7.63. The molecule has 0 saturated heterocycles. The average Bonchev–Trinajstić information content (AvgIpc) is 2.14. The summed E-state index contributed by atoms with van der Waals surface area (Å²) in [4.78, 5) is 0. The van der Waals surface area contributed by atoms with Gasteiger partial charge in [-0.3, -0.25) is 0 Å². The molecule has 0 spiro atoms. The first-order valence-corrected chi connectivity index (χ1v) is 7.39. The first kappa shape index (κ1) is 14.1. The number of hydrogen-bond acceptors (Lipinski definition) is 4. The van der Waals surface area contributed by atoms with Gasteiger partial charge in [0.2, 0.25) is 0 Å². The Morgan fingerprint density at radius 3 is 2.47 bits per heavy atom. The third kappa shape index (κ3) is 3.51. The molecule has 96 valence electrons. The Kier molecular flexibility index (Phi) is 3.94. The highest BCUT2D eigenvalue weighted by molar-refractivity contribution is 7.92. The molecule has 4 nitrogen and oxygen atoms in total. The van der Waals surface area contributed by atoms with Crippen LogP contribution in [0.3, 0.4) is 0 Å². The number of anilines is 2. The van der Waals surface area contributed by atoms with E-state index in [9.17, 15) is 8.42 Å². The highest BCUT2D eigenvalue weighted by Crippen LogP contribution is 2.25. The zero-order valence-electron chi connectivity index (χ0n) is 10.1. The number of benzene rings is 1. The lowest BCUT2D eigenvalue weighted by Crippen LogP contribution is -2.38. The number of nitrogens with one attached hydrogen (secondary N) is 1. The topological polar surface area (TPSA) is 72.2 Å². The summed E-state index contributed by atoms with van der Waals surface area (Å²) in [5, 5.41) is 3.50. The van der Waals surface area contributed by atoms with Crippen molar-refractivity contribution in [1.82, 2.24) is 0 Å². The molecule has 0 fully saturated rings. The van der Waals surface area contributed by atoms with Crippen molar-refractivity contribution in [3.8, 4) is 0 Å². The Bertz CT molecular complexity index is 512. The molecular formula is C11H17ClN2O2S. The van der Waals surface area contributed by atoms with Crippen LogP contribution in [0.2, 0.25) is 5.02 Å². The van der Waals surface area contributed by atoms with Crippen molar-refractivity contribution in [2.24, 2.45) is 0 Å². The van der Waals surface area contributed by atoms with E-state index in [4.69, 9.17) is 17.3 Å². The summed E-state index contributed by atoms with van der Waals surface area (Å²) >= 11 is 5.98. The van der Waals surface area contributed by atoms with Gasteiger partial charge in [-0.1, -0.05) is 11.6 Å². The molecule has 1 aromatic carbocycles. The van der Waals surface area contributed by atoms with Gasteiger partial charge < -0.3 is 11.1 Å². The molecule has 3 N–H and O–H groups in total. The normalized spacial score (nSPS) is 12.5. The predicted molar refractivity (Wildman–Crippen MR) is 73.3 cm³/mol. The monoisotopic (exact) mass is 276 g/mol. The quantitative estimate of drug-likeness (QED) is 0.827. The summed E-state index contributed by atoms with van der Waals surface area (Å²) in [7, 11) is -3.12. The summed E-state index contributed by atoms with van der Waals surface area (Å²) < 4.78 is 22.2. The van der Waals surface area contributed by atoms with Crippen LogP contribution >= 0.6 is 11.6 Å². The van der Waals surface area contributed by atoms with Crippen molar-refractivity contribution in [2.45, 2.75) is 18.6 Å². The molecule has 0 bridgehead atoms. The van der Waals surface area contributed by atoms with E-state index in [0.717, 1.165) is 0 Å². The minimum Gasteiger partial charge on any atom is -0.399 e. The van der Waals surface area contributed by atoms with Gasteiger partial charge in [0.15, 0.2) is 9.84 Å². The minimum absolute atomic E-state index is 0.287. The maximum absolute atomic E-state index is 11.5. The molecule has 1 aromatic rings. The lowest BCUT2D eigenvalue weighted by atomic mass is 10.2. The molecular weight excluding hydrogens is 260 g/mol. The summed E-state index contributed by atoms with van der Waals surface area (Å²) in [6.45, 7) is 3.62. The molecule has 0 saturated carbocycles. The fourth-order valence-corrected chi connectivity index (χ4v) is 1.70. The lowest BCUT2D eigenvalue weighted by Gasteiger charge is -2.23. The summed E-state index contributed by atoms with van der Waals surface area (Å²) in [6, 6.07) is 5.06. The molecule has 0 aliphatic heterocycles. The molecule has 0 aliphatic carbocycles. The maximum atomic E-state index is 11.5. The van der Waals surface area contributed by atoms with Crippen LogP contribution in [0.5, 0.6) is 0 Å². The van der Waals surface area contributed by atoms with Gasteiger partial charge in [0, 0.05) is 18.5 Å². The lowest BCUT2D eigenvalue weighted by molar-refractivity contribution is 0.560. The largest absolute Gasteiger partial charge is 0.399 e. The Hall–Kier alpha value is -0.940. The Balaban J connectivity index is 2.81. The van der Waals surface area contributed by atoms with E-state index >= 15 is 0 Å². The van der Waals surface area contributed by atoms with Gasteiger partial charge in [-0.05, 0) is 32.0 Å². The van der Waals surface area contributed by atoms with E-state index in [1.807, 2.05) is 0 Å². The third-order valence-corrected chi connectivity index (χ3v) is 5.17. The van der Waals surface area contributed by atoms with E-state index in [1.165, 1.54) is 6.26 Å². The zero-order valence-corrected chi connectivity index (χ0v) is 11.7. The molecule has 0 amide bonds. The Morgan fingerprint density at radius 2 is 2.00 bits per heavy atom. The van der Waals surface area contributed by atoms with Crippen LogP contribution in [0, 0.1) is 0 Å². The predicted octanol–water partition coefficient (Wildman–Crippen LogP) is 2.16. The highest BCUT2D eigenvalue weighted by atomic mass is 35.5. The zero-order chi connectivity index (χ0) is 13.3. The fourth-order valence-electron chi connectivity index (χ4n) is 1.11. The van der Waals surface area contributed by atoms with Crippen LogP contribution in [0.25, 0.3) is 0 Å². The fraction of sp³-hybridized carbons (Fsp3) is 0.455. The van der Waals surface area contributed by atoms with Crippen LogP contribution in [0.4, 0.5) is 11.4 Å². The van der Waals surface area contributed by atoms with E-state index in [-0.39, 0.29) is 6.54 Å². The summed E-state index contributed by atoms with van der Waals surface area (Å²) in [5.74, 6) is 0. The maximum Gasteiger partial charge on any atom is 0.154 e. The van der Waals surface area contributed by atoms with Gasteiger partial charge in [-0.15, -0.1) is 0 Å². The van der Waals surface area contributed by atoms with Gasteiger partial charge in [-0.25, -0.2) is 8.42 Å². The minimum atomic E-state index is -3.12. The SMILES string of the molecule is CC(C)(CNc1ccc(N)cc1Cl)S(C)(=O)=O. The van der Waals surface area contributed by atoms with Gasteiger partial charge in [-0.2, -0.15) is 0 Å². The number of nitrogens with two attached hydrogens (primary N) is 1. The standard InChI is InChI=1S/C11H17ClN2O2S/c1-11(2,17(3,15)16)7-14-10-5-4-8(13)6-9(10)12/h4-6,14H,7,13H2,1-3H3. The summed E-state index contributed by atoms with van der Waals surface area (Å²) in [6.07, 6.45) is 1.22. The first-order valence-electron chi connectivity index (χ1n) is 5.12. The highest BCUT2D eigenvalue weighted by Gasteiger charge is 2.29. The Labute approximate surface area is 107 Å². The van der Waals surface area contributed by atoms with Crippen molar-refractivity contribution in [2.75, 3.05) is 23.9 Å². The number of rotatable bonds is 4. The number of sulfone groups is 1. The Morgan fingerprint density at radius 1 is 1.41 bits per heavy atom. The molecule has 1 rings (SSSR count). The van der Waals surface area contributed by atoms with Gasteiger partial charge >= 0.3 is 0 Å². The number of nitrogen functional groups attached to an aromatic ring is 1. The smallest absolute Gasteiger partial charge is 0.154 e. The molecule has 0 aromatic heterocycles. The van der Waals surface area contributed by atoms with Crippen LogP contribution in [-0.2, 0) is 9.84 Å². The van der Waals surface area contributed by atoms with E-state index in [1.54, 1.807) is 32.0 Å². The molecule has 0 aliphatic rings. The van der Waals surface area contributed by atoms with Crippen molar-refractivity contribution in [3.63, 3.8) is 0 Å². The second-order valence-electron chi connectivity index (χ2n) is 4.62.